The van der Waals surface area contributed by atoms with E-state index in [-0.39, 0.29) is 5.92 Å². The van der Waals surface area contributed by atoms with E-state index in [1.54, 1.807) is 18.3 Å². The van der Waals surface area contributed by atoms with Crippen molar-refractivity contribution in [1.82, 2.24) is 14.8 Å². The Kier molecular flexibility index (Phi) is 6.93. The van der Waals surface area contributed by atoms with Gasteiger partial charge in [0.2, 0.25) is 11.8 Å². The lowest BCUT2D eigenvalue weighted by Gasteiger charge is -2.35. The van der Waals surface area contributed by atoms with Crippen molar-refractivity contribution < 1.29 is 9.53 Å². The molecule has 0 radical (unpaired) electrons. The number of pyridine rings is 1. The number of likely N-dealkylation sites (tertiary alicyclic amines) is 2. The van der Waals surface area contributed by atoms with E-state index in [4.69, 9.17) is 16.3 Å². The van der Waals surface area contributed by atoms with Gasteiger partial charge in [0, 0.05) is 37.8 Å². The van der Waals surface area contributed by atoms with Gasteiger partial charge in [0.15, 0.2) is 0 Å². The number of halogens is 1. The quantitative estimate of drug-likeness (QED) is 0.726. The number of carbonyl (C=O) groups is 1. The summed E-state index contributed by atoms with van der Waals surface area (Å²) in [5.74, 6) is 1.26. The van der Waals surface area contributed by atoms with Crippen molar-refractivity contribution in [2.45, 2.75) is 38.5 Å². The second-order valence-corrected chi connectivity index (χ2v) is 7.45. The van der Waals surface area contributed by atoms with Crippen LogP contribution in [0.1, 0.15) is 38.5 Å². The highest BCUT2D eigenvalue weighted by atomic mass is 35.5. The first-order valence-electron chi connectivity index (χ1n) is 9.48. The van der Waals surface area contributed by atoms with E-state index in [1.165, 1.54) is 19.3 Å². The molecule has 0 spiro atoms. The summed E-state index contributed by atoms with van der Waals surface area (Å²) in [4.78, 5) is 21.2. The summed E-state index contributed by atoms with van der Waals surface area (Å²) in [6.07, 6.45) is 8.18. The largest absolute Gasteiger partial charge is 0.478 e. The van der Waals surface area contributed by atoms with Crippen LogP contribution in [-0.2, 0) is 4.79 Å². The molecule has 2 aliphatic rings. The number of rotatable bonds is 6. The molecule has 0 saturated carbocycles. The molecule has 0 atom stereocenters. The van der Waals surface area contributed by atoms with E-state index < -0.39 is 0 Å². The minimum atomic E-state index is 0.240. The van der Waals surface area contributed by atoms with Gasteiger partial charge in [-0.3, -0.25) is 4.79 Å². The molecule has 1 aromatic heterocycles. The number of carbonyl (C=O) groups excluding carboxylic acids is 1. The van der Waals surface area contributed by atoms with Crippen LogP contribution >= 0.6 is 11.6 Å². The highest BCUT2D eigenvalue weighted by Gasteiger charge is 2.28. The van der Waals surface area contributed by atoms with Crippen LogP contribution in [0.25, 0.3) is 0 Å². The Labute approximate surface area is 155 Å². The molecule has 0 unspecified atom stereocenters. The van der Waals surface area contributed by atoms with Gasteiger partial charge in [0.05, 0.1) is 11.6 Å². The number of hydrogen-bond donors (Lipinski definition) is 0. The van der Waals surface area contributed by atoms with E-state index in [1.807, 2.05) is 0 Å². The molecule has 6 heteroatoms. The lowest BCUT2D eigenvalue weighted by atomic mass is 9.94. The van der Waals surface area contributed by atoms with Crippen LogP contribution in [0.5, 0.6) is 5.88 Å². The molecule has 1 aromatic rings. The molecule has 138 valence electrons. The third-order valence-corrected chi connectivity index (χ3v) is 5.40. The molecule has 0 aliphatic carbocycles. The number of piperidine rings is 2. The van der Waals surface area contributed by atoms with Crippen molar-refractivity contribution in [3.8, 4) is 5.88 Å². The maximum absolute atomic E-state index is 12.6. The first-order valence-corrected chi connectivity index (χ1v) is 9.85. The molecule has 2 saturated heterocycles. The lowest BCUT2D eigenvalue weighted by molar-refractivity contribution is -0.138. The fourth-order valence-electron chi connectivity index (χ4n) is 3.69. The van der Waals surface area contributed by atoms with Gasteiger partial charge in [0.25, 0.3) is 0 Å². The third-order valence-electron chi connectivity index (χ3n) is 5.17. The van der Waals surface area contributed by atoms with Gasteiger partial charge in [-0.15, -0.1) is 0 Å². The first kappa shape index (κ1) is 18.5. The van der Waals surface area contributed by atoms with Crippen LogP contribution in [0.2, 0.25) is 5.02 Å². The van der Waals surface area contributed by atoms with Gasteiger partial charge >= 0.3 is 0 Å². The molecule has 25 heavy (non-hydrogen) atoms. The normalized spacial score (nSPS) is 19.8. The smallest absolute Gasteiger partial charge is 0.225 e. The molecule has 3 rings (SSSR count). The number of amides is 1. The summed E-state index contributed by atoms with van der Waals surface area (Å²) in [6, 6.07) is 3.58. The highest BCUT2D eigenvalue weighted by molar-refractivity contribution is 6.30. The highest BCUT2D eigenvalue weighted by Crippen LogP contribution is 2.22. The zero-order valence-corrected chi connectivity index (χ0v) is 15.6. The van der Waals surface area contributed by atoms with Crippen molar-refractivity contribution in [1.29, 1.82) is 0 Å². The minimum Gasteiger partial charge on any atom is -0.478 e. The topological polar surface area (TPSA) is 45.7 Å². The Bertz CT molecular complexity index is 538. The number of nitrogens with zero attached hydrogens (tertiary/aromatic N) is 3. The molecular formula is C19H28ClN3O2. The number of ether oxygens (including phenoxy) is 1. The van der Waals surface area contributed by atoms with E-state index >= 15 is 0 Å². The predicted octanol–water partition coefficient (Wildman–Crippen LogP) is 3.23. The third kappa shape index (κ3) is 5.58. The Balaban J connectivity index is 1.31. The van der Waals surface area contributed by atoms with Crippen molar-refractivity contribution in [2.75, 3.05) is 39.3 Å². The van der Waals surface area contributed by atoms with E-state index in [2.05, 4.69) is 14.8 Å². The van der Waals surface area contributed by atoms with Crippen molar-refractivity contribution >= 4 is 17.5 Å². The Morgan fingerprint density at radius 3 is 2.60 bits per heavy atom. The number of hydrogen-bond acceptors (Lipinski definition) is 4. The molecule has 3 heterocycles. The maximum Gasteiger partial charge on any atom is 0.225 e. The van der Waals surface area contributed by atoms with Crippen LogP contribution in [0.15, 0.2) is 18.3 Å². The molecule has 2 aliphatic heterocycles. The fraction of sp³-hybridized carbons (Fsp3) is 0.684. The SMILES string of the molecule is O=C(C1CCN(CCCOc2ccc(Cl)cn2)CC1)N1CCCCC1. The van der Waals surface area contributed by atoms with E-state index in [0.717, 1.165) is 52.0 Å². The van der Waals surface area contributed by atoms with Crippen molar-refractivity contribution in [3.05, 3.63) is 23.4 Å². The maximum atomic E-state index is 12.6. The standard InChI is InChI=1S/C19H28ClN3O2/c20-17-5-6-18(21-15-17)25-14-4-9-22-12-7-16(8-13-22)19(24)23-10-2-1-3-11-23/h5-6,15-16H,1-4,7-14H2. The molecule has 0 bridgehead atoms. The second-order valence-electron chi connectivity index (χ2n) is 7.02. The van der Waals surface area contributed by atoms with Crippen LogP contribution in [0.3, 0.4) is 0 Å². The fourth-order valence-corrected chi connectivity index (χ4v) is 3.80. The molecule has 5 nitrogen and oxygen atoms in total. The zero-order valence-electron chi connectivity index (χ0n) is 14.8. The lowest BCUT2D eigenvalue weighted by Crippen LogP contribution is -2.44. The van der Waals surface area contributed by atoms with Gasteiger partial charge in [0.1, 0.15) is 0 Å². The van der Waals surface area contributed by atoms with E-state index in [0.29, 0.717) is 23.4 Å². The average molecular weight is 366 g/mol. The van der Waals surface area contributed by atoms with Gasteiger partial charge < -0.3 is 14.5 Å². The van der Waals surface area contributed by atoms with Crippen molar-refractivity contribution in [2.24, 2.45) is 5.92 Å². The van der Waals surface area contributed by atoms with Gasteiger partial charge in [-0.05, 0) is 57.7 Å². The molecule has 2 fully saturated rings. The van der Waals surface area contributed by atoms with Crippen LogP contribution in [0.4, 0.5) is 0 Å². The molecule has 0 aromatic carbocycles. The van der Waals surface area contributed by atoms with Crippen molar-refractivity contribution in [3.63, 3.8) is 0 Å². The van der Waals surface area contributed by atoms with Crippen LogP contribution < -0.4 is 4.74 Å². The Hall–Kier alpha value is -1.33. The number of aromatic nitrogens is 1. The first-order chi connectivity index (χ1) is 12.2. The van der Waals surface area contributed by atoms with E-state index in [9.17, 15) is 4.79 Å². The second kappa shape index (κ2) is 9.39. The predicted molar refractivity (Wildman–Crippen MR) is 99.0 cm³/mol. The molecule has 1 amide bonds. The van der Waals surface area contributed by atoms with Crippen LogP contribution in [0, 0.1) is 5.92 Å². The minimum absolute atomic E-state index is 0.240. The van der Waals surface area contributed by atoms with Gasteiger partial charge in [-0.2, -0.15) is 0 Å². The summed E-state index contributed by atoms with van der Waals surface area (Å²) in [5.41, 5.74) is 0. The van der Waals surface area contributed by atoms with Gasteiger partial charge in [-0.1, -0.05) is 11.6 Å². The monoisotopic (exact) mass is 365 g/mol. The molecular weight excluding hydrogens is 338 g/mol. The summed E-state index contributed by atoms with van der Waals surface area (Å²) >= 11 is 5.81. The van der Waals surface area contributed by atoms with Crippen LogP contribution in [-0.4, -0.2) is 60.0 Å². The summed E-state index contributed by atoms with van der Waals surface area (Å²) in [7, 11) is 0. The molecule has 0 N–H and O–H groups in total. The Morgan fingerprint density at radius 1 is 1.16 bits per heavy atom. The zero-order chi connectivity index (χ0) is 17.5. The van der Waals surface area contributed by atoms with Gasteiger partial charge in [-0.25, -0.2) is 4.98 Å². The summed E-state index contributed by atoms with van der Waals surface area (Å²) in [5, 5.41) is 0.620. The summed E-state index contributed by atoms with van der Waals surface area (Å²) in [6.45, 7) is 5.64. The Morgan fingerprint density at radius 2 is 1.92 bits per heavy atom. The summed E-state index contributed by atoms with van der Waals surface area (Å²) < 4.78 is 5.63. The average Bonchev–Trinajstić information content (AvgIpc) is 2.67.